The number of piperidine rings is 1. The van der Waals surface area contributed by atoms with E-state index in [0.717, 1.165) is 19.6 Å². The monoisotopic (exact) mass is 399 g/mol. The molecule has 2 heterocycles. The predicted octanol–water partition coefficient (Wildman–Crippen LogP) is 2.10. The second-order valence-electron chi connectivity index (χ2n) is 8.29. The first-order valence-electron chi connectivity index (χ1n) is 10.7. The molecule has 0 atom stereocenters. The summed E-state index contributed by atoms with van der Waals surface area (Å²) < 4.78 is 0. The van der Waals surface area contributed by atoms with E-state index in [1.807, 2.05) is 6.92 Å². The first kappa shape index (κ1) is 21.3. The van der Waals surface area contributed by atoms with Gasteiger partial charge < -0.3 is 10.6 Å². The first-order valence-corrected chi connectivity index (χ1v) is 10.7. The molecule has 0 aromatic heterocycles. The molecular weight excluding hydrogens is 366 g/mol. The number of likely N-dealkylation sites (tertiary alicyclic amines) is 1. The zero-order chi connectivity index (χ0) is 20.9. The Bertz CT molecular complexity index is 733. The molecular formula is C22H33N5O2. The third-order valence-corrected chi connectivity index (χ3v) is 5.69. The van der Waals surface area contributed by atoms with E-state index in [4.69, 9.17) is 4.99 Å². The zero-order valence-electron chi connectivity index (χ0n) is 17.8. The van der Waals surface area contributed by atoms with Crippen molar-refractivity contribution in [1.82, 2.24) is 20.4 Å². The molecule has 29 heavy (non-hydrogen) atoms. The average molecular weight is 400 g/mol. The van der Waals surface area contributed by atoms with Gasteiger partial charge in [-0.05, 0) is 58.8 Å². The molecule has 2 N–H and O–H groups in total. The summed E-state index contributed by atoms with van der Waals surface area (Å²) in [7, 11) is 0. The van der Waals surface area contributed by atoms with Crippen molar-refractivity contribution in [2.24, 2.45) is 4.99 Å². The van der Waals surface area contributed by atoms with Crippen LogP contribution in [0.5, 0.6) is 0 Å². The number of nitrogens with one attached hydrogen (secondary N) is 2. The van der Waals surface area contributed by atoms with E-state index < -0.39 is 0 Å². The molecule has 1 fully saturated rings. The van der Waals surface area contributed by atoms with Gasteiger partial charge in [0.1, 0.15) is 0 Å². The lowest BCUT2D eigenvalue weighted by Crippen LogP contribution is -2.50. The Balaban J connectivity index is 1.55. The fourth-order valence-electron chi connectivity index (χ4n) is 3.94. The van der Waals surface area contributed by atoms with E-state index in [2.05, 4.69) is 29.4 Å². The lowest BCUT2D eigenvalue weighted by atomic mass is 9.99. The van der Waals surface area contributed by atoms with Crippen molar-refractivity contribution in [2.45, 2.75) is 45.6 Å². The molecule has 1 aromatic carbocycles. The topological polar surface area (TPSA) is 77.0 Å². The average Bonchev–Trinajstić information content (AvgIpc) is 2.98. The highest BCUT2D eigenvalue weighted by atomic mass is 16.2. The van der Waals surface area contributed by atoms with Crippen LogP contribution in [0.15, 0.2) is 29.3 Å². The summed E-state index contributed by atoms with van der Waals surface area (Å²) in [6, 6.07) is 6.98. The largest absolute Gasteiger partial charge is 0.357 e. The molecule has 158 valence electrons. The van der Waals surface area contributed by atoms with Gasteiger partial charge in [0.2, 0.25) is 0 Å². The van der Waals surface area contributed by atoms with Crippen LogP contribution in [0.1, 0.15) is 60.7 Å². The van der Waals surface area contributed by atoms with Crippen molar-refractivity contribution >= 4 is 17.8 Å². The van der Waals surface area contributed by atoms with Crippen LogP contribution in [-0.2, 0) is 0 Å². The summed E-state index contributed by atoms with van der Waals surface area (Å²) in [4.78, 5) is 33.5. The standard InChI is InChI=1S/C22H33N5O2/c1-4-23-21(25-16-22(2,3)26-13-8-5-9-14-26)24-12-15-27-19(28)17-10-6-7-11-18(17)20(27)29/h6-7,10-11H,4-5,8-9,12-16H2,1-3H3,(H2,23,24,25). The van der Waals surface area contributed by atoms with Crippen molar-refractivity contribution in [3.05, 3.63) is 35.4 Å². The van der Waals surface area contributed by atoms with Crippen LogP contribution < -0.4 is 10.6 Å². The van der Waals surface area contributed by atoms with E-state index in [9.17, 15) is 9.59 Å². The van der Waals surface area contributed by atoms with E-state index in [0.29, 0.717) is 36.7 Å². The first-order chi connectivity index (χ1) is 13.9. The fraction of sp³-hybridized carbons (Fsp3) is 0.591. The summed E-state index contributed by atoms with van der Waals surface area (Å²) in [5.74, 6) is 0.273. The highest BCUT2D eigenvalue weighted by molar-refractivity contribution is 6.21. The molecule has 0 spiro atoms. The quantitative estimate of drug-likeness (QED) is 0.417. The Morgan fingerprint density at radius 3 is 2.24 bits per heavy atom. The SMILES string of the molecule is CCNC(=NCC(C)(C)N1CCCCC1)NCCN1C(=O)c2ccccc2C1=O. The predicted molar refractivity (Wildman–Crippen MR) is 115 cm³/mol. The molecule has 1 aromatic rings. The number of guanidine groups is 1. The molecule has 1 saturated heterocycles. The summed E-state index contributed by atoms with van der Waals surface area (Å²) in [6.45, 7) is 11.0. The Labute approximate surface area is 173 Å². The second-order valence-corrected chi connectivity index (χ2v) is 8.29. The maximum Gasteiger partial charge on any atom is 0.261 e. The molecule has 0 saturated carbocycles. The maximum absolute atomic E-state index is 12.5. The molecule has 3 rings (SSSR count). The number of nitrogens with zero attached hydrogens (tertiary/aromatic N) is 3. The van der Waals surface area contributed by atoms with Crippen molar-refractivity contribution < 1.29 is 9.59 Å². The Morgan fingerprint density at radius 1 is 1.03 bits per heavy atom. The number of rotatable bonds is 7. The van der Waals surface area contributed by atoms with Gasteiger partial charge in [0, 0.05) is 25.2 Å². The Morgan fingerprint density at radius 2 is 1.66 bits per heavy atom. The molecule has 0 bridgehead atoms. The number of fused-ring (bicyclic) bond motifs is 1. The van der Waals surface area contributed by atoms with Gasteiger partial charge in [0.25, 0.3) is 11.8 Å². The van der Waals surface area contributed by atoms with Gasteiger partial charge in [-0.3, -0.25) is 24.4 Å². The van der Waals surface area contributed by atoms with E-state index in [1.165, 1.54) is 24.2 Å². The second kappa shape index (κ2) is 9.39. The Kier molecular flexibility index (Phi) is 6.90. The minimum Gasteiger partial charge on any atom is -0.357 e. The summed E-state index contributed by atoms with van der Waals surface area (Å²) in [6.07, 6.45) is 3.83. The molecule has 0 aliphatic carbocycles. The highest BCUT2D eigenvalue weighted by Crippen LogP contribution is 2.22. The van der Waals surface area contributed by atoms with Gasteiger partial charge in [0.05, 0.1) is 17.7 Å². The van der Waals surface area contributed by atoms with Gasteiger partial charge in [-0.15, -0.1) is 0 Å². The molecule has 7 heteroatoms. The van der Waals surface area contributed by atoms with Crippen molar-refractivity contribution in [3.8, 4) is 0 Å². The molecule has 2 aliphatic heterocycles. The number of imide groups is 1. The number of amides is 2. The number of aliphatic imine (C=N–C) groups is 1. The van der Waals surface area contributed by atoms with Gasteiger partial charge in [0.15, 0.2) is 5.96 Å². The lowest BCUT2D eigenvalue weighted by molar-refractivity contribution is 0.0657. The third kappa shape index (κ3) is 4.96. The summed E-state index contributed by atoms with van der Waals surface area (Å²) in [5, 5.41) is 6.52. The van der Waals surface area contributed by atoms with Crippen LogP contribution in [0.4, 0.5) is 0 Å². The number of carbonyl (C=O) groups is 2. The van der Waals surface area contributed by atoms with Crippen LogP contribution in [0.2, 0.25) is 0 Å². The van der Waals surface area contributed by atoms with E-state index in [1.54, 1.807) is 24.3 Å². The lowest BCUT2D eigenvalue weighted by Gasteiger charge is -2.40. The maximum atomic E-state index is 12.5. The summed E-state index contributed by atoms with van der Waals surface area (Å²) >= 11 is 0. The minimum atomic E-state index is -0.222. The molecule has 2 amide bonds. The Hall–Kier alpha value is -2.41. The minimum absolute atomic E-state index is 0.00526. The van der Waals surface area contributed by atoms with Crippen LogP contribution >= 0.6 is 0 Å². The van der Waals surface area contributed by atoms with Crippen molar-refractivity contribution in [2.75, 3.05) is 39.3 Å². The van der Waals surface area contributed by atoms with Crippen LogP contribution in [0.3, 0.4) is 0 Å². The number of carbonyl (C=O) groups excluding carboxylic acids is 2. The van der Waals surface area contributed by atoms with Gasteiger partial charge in [-0.1, -0.05) is 18.6 Å². The summed E-state index contributed by atoms with van der Waals surface area (Å²) in [5.41, 5.74) is 0.980. The number of hydrogen-bond acceptors (Lipinski definition) is 4. The van der Waals surface area contributed by atoms with E-state index >= 15 is 0 Å². The number of benzene rings is 1. The van der Waals surface area contributed by atoms with Gasteiger partial charge >= 0.3 is 0 Å². The highest BCUT2D eigenvalue weighted by Gasteiger charge is 2.34. The van der Waals surface area contributed by atoms with Crippen molar-refractivity contribution in [1.29, 1.82) is 0 Å². The van der Waals surface area contributed by atoms with Crippen LogP contribution in [-0.4, -0.2) is 72.4 Å². The van der Waals surface area contributed by atoms with Gasteiger partial charge in [-0.25, -0.2) is 0 Å². The van der Waals surface area contributed by atoms with E-state index in [-0.39, 0.29) is 17.4 Å². The molecule has 2 aliphatic rings. The normalized spacial score (nSPS) is 18.2. The van der Waals surface area contributed by atoms with Gasteiger partial charge in [-0.2, -0.15) is 0 Å². The molecule has 0 radical (unpaired) electrons. The molecule has 7 nitrogen and oxygen atoms in total. The van der Waals surface area contributed by atoms with Crippen molar-refractivity contribution in [3.63, 3.8) is 0 Å². The zero-order valence-corrected chi connectivity index (χ0v) is 17.8. The smallest absolute Gasteiger partial charge is 0.261 e. The van der Waals surface area contributed by atoms with Crippen LogP contribution in [0.25, 0.3) is 0 Å². The fourth-order valence-corrected chi connectivity index (χ4v) is 3.94. The third-order valence-electron chi connectivity index (χ3n) is 5.69. The number of hydrogen-bond donors (Lipinski definition) is 2. The molecule has 0 unspecified atom stereocenters. The van der Waals surface area contributed by atoms with Crippen LogP contribution in [0, 0.1) is 0 Å².